The molecule has 8 heteroatoms. The molecule has 2 fully saturated rings. The molecule has 3 rings (SSSR count). The highest BCUT2D eigenvalue weighted by atomic mass is 32.2. The van der Waals surface area contributed by atoms with Crippen LogP contribution >= 0.6 is 0 Å². The average Bonchev–Trinajstić information content (AvgIpc) is 2.60. The molecule has 1 aromatic rings. The van der Waals surface area contributed by atoms with Crippen molar-refractivity contribution in [3.05, 3.63) is 29.8 Å². The molecule has 1 amide bonds. The summed E-state index contributed by atoms with van der Waals surface area (Å²) in [4.78, 5) is 25.5. The zero-order valence-corrected chi connectivity index (χ0v) is 16.5. The van der Waals surface area contributed by atoms with E-state index in [1.54, 1.807) is 17.0 Å². The summed E-state index contributed by atoms with van der Waals surface area (Å²) >= 11 is 0. The number of hydrogen-bond acceptors (Lipinski definition) is 4. The average molecular weight is 394 g/mol. The van der Waals surface area contributed by atoms with Crippen LogP contribution in [-0.2, 0) is 19.6 Å². The van der Waals surface area contributed by atoms with Gasteiger partial charge in [0.1, 0.15) is 0 Å². The van der Waals surface area contributed by atoms with Gasteiger partial charge >= 0.3 is 5.97 Å². The Morgan fingerprint density at radius 2 is 1.56 bits per heavy atom. The first-order valence-corrected chi connectivity index (χ1v) is 10.8. The summed E-state index contributed by atoms with van der Waals surface area (Å²) in [7, 11) is -3.59. The van der Waals surface area contributed by atoms with E-state index in [0.29, 0.717) is 31.8 Å². The second kappa shape index (κ2) is 7.59. The van der Waals surface area contributed by atoms with Crippen LogP contribution < -0.4 is 0 Å². The molecular formula is C19H26N2O5S. The molecule has 1 saturated carbocycles. The number of hydrogen-bond donors (Lipinski definition) is 1. The van der Waals surface area contributed by atoms with Crippen LogP contribution in [-0.4, -0.2) is 60.8 Å². The summed E-state index contributed by atoms with van der Waals surface area (Å²) in [5, 5.41) is 9.12. The third-order valence-corrected chi connectivity index (χ3v) is 7.56. The fourth-order valence-corrected chi connectivity index (χ4v) is 5.07. The maximum absolute atomic E-state index is 12.8. The second-order valence-electron chi connectivity index (χ2n) is 7.58. The van der Waals surface area contributed by atoms with Gasteiger partial charge in [-0.05, 0) is 36.5 Å². The van der Waals surface area contributed by atoms with E-state index in [1.807, 2.05) is 12.1 Å². The van der Waals surface area contributed by atoms with Crippen molar-refractivity contribution in [2.24, 2.45) is 11.8 Å². The van der Waals surface area contributed by atoms with E-state index < -0.39 is 27.8 Å². The molecule has 1 aliphatic carbocycles. The summed E-state index contributed by atoms with van der Waals surface area (Å²) in [5.74, 6) is -1.82. The van der Waals surface area contributed by atoms with Crippen molar-refractivity contribution in [2.75, 3.05) is 26.2 Å². The monoisotopic (exact) mass is 394 g/mol. The van der Waals surface area contributed by atoms with Gasteiger partial charge in [0.15, 0.2) is 0 Å². The standard InChI is InChI=1S/C19H26N2O5S/c1-13(2)14-3-5-15(6-4-14)27(25,26)21-11-9-20(10-12-21)18(22)16-7-8-17(16)19(23)24/h3-6,13,16-17H,7-12H2,1-2H3,(H,23,24). The summed E-state index contributed by atoms with van der Waals surface area (Å²) in [6.07, 6.45) is 1.13. The summed E-state index contributed by atoms with van der Waals surface area (Å²) in [6, 6.07) is 6.93. The number of benzene rings is 1. The predicted octanol–water partition coefficient (Wildman–Crippen LogP) is 1.75. The van der Waals surface area contributed by atoms with Gasteiger partial charge in [-0.1, -0.05) is 26.0 Å². The van der Waals surface area contributed by atoms with E-state index in [-0.39, 0.29) is 23.9 Å². The van der Waals surface area contributed by atoms with Crippen molar-refractivity contribution in [3.8, 4) is 0 Å². The van der Waals surface area contributed by atoms with Gasteiger partial charge in [-0.2, -0.15) is 4.31 Å². The number of carbonyl (C=O) groups is 2. The molecule has 1 saturated heterocycles. The Kier molecular flexibility index (Phi) is 5.58. The Morgan fingerprint density at radius 3 is 2.00 bits per heavy atom. The number of aliphatic carboxylic acids is 1. The Hall–Kier alpha value is -1.93. The van der Waals surface area contributed by atoms with Gasteiger partial charge in [0.05, 0.1) is 16.7 Å². The van der Waals surface area contributed by atoms with Crippen LogP contribution in [0.1, 0.15) is 38.2 Å². The Bertz CT molecular complexity index is 811. The van der Waals surface area contributed by atoms with Gasteiger partial charge in [-0.25, -0.2) is 8.42 Å². The van der Waals surface area contributed by atoms with Crippen LogP contribution in [0.3, 0.4) is 0 Å². The van der Waals surface area contributed by atoms with Crippen molar-refractivity contribution in [3.63, 3.8) is 0 Å². The summed E-state index contributed by atoms with van der Waals surface area (Å²) in [6.45, 7) is 5.15. The maximum Gasteiger partial charge on any atom is 0.307 e. The minimum absolute atomic E-state index is 0.160. The molecule has 2 atom stereocenters. The fourth-order valence-electron chi connectivity index (χ4n) is 3.65. The molecule has 1 aromatic carbocycles. The first kappa shape index (κ1) is 19.8. The zero-order chi connectivity index (χ0) is 19.8. The lowest BCUT2D eigenvalue weighted by molar-refractivity contribution is -0.157. The molecule has 1 N–H and O–H groups in total. The number of piperazine rings is 1. The third kappa shape index (κ3) is 3.87. The predicted molar refractivity (Wildman–Crippen MR) is 99.7 cm³/mol. The number of rotatable bonds is 5. The molecule has 0 radical (unpaired) electrons. The van der Waals surface area contributed by atoms with Crippen molar-refractivity contribution in [1.29, 1.82) is 0 Å². The Labute approximate surface area is 160 Å². The van der Waals surface area contributed by atoms with Crippen molar-refractivity contribution >= 4 is 21.9 Å². The van der Waals surface area contributed by atoms with E-state index in [9.17, 15) is 18.0 Å². The highest BCUT2D eigenvalue weighted by Gasteiger charge is 2.44. The fraction of sp³-hybridized carbons (Fsp3) is 0.579. The zero-order valence-electron chi connectivity index (χ0n) is 15.7. The first-order valence-electron chi connectivity index (χ1n) is 9.33. The molecule has 0 aromatic heterocycles. The topological polar surface area (TPSA) is 95.0 Å². The second-order valence-corrected chi connectivity index (χ2v) is 9.52. The van der Waals surface area contributed by atoms with Crippen molar-refractivity contribution < 1.29 is 23.1 Å². The van der Waals surface area contributed by atoms with Crippen molar-refractivity contribution in [2.45, 2.75) is 37.5 Å². The lowest BCUT2D eigenvalue weighted by atomic mass is 9.73. The minimum atomic E-state index is -3.59. The van der Waals surface area contributed by atoms with Gasteiger partial charge in [0.2, 0.25) is 15.9 Å². The molecule has 2 unspecified atom stereocenters. The molecule has 1 aliphatic heterocycles. The number of carboxylic acid groups (broad SMARTS) is 1. The minimum Gasteiger partial charge on any atom is -0.481 e. The van der Waals surface area contributed by atoms with Crippen LogP contribution in [0.25, 0.3) is 0 Å². The molecule has 2 aliphatic rings. The van der Waals surface area contributed by atoms with Gasteiger partial charge in [-0.15, -0.1) is 0 Å². The lowest BCUT2D eigenvalue weighted by Crippen LogP contribution is -2.54. The van der Waals surface area contributed by atoms with Gasteiger partial charge < -0.3 is 10.0 Å². The van der Waals surface area contributed by atoms with E-state index >= 15 is 0 Å². The maximum atomic E-state index is 12.8. The van der Waals surface area contributed by atoms with E-state index in [2.05, 4.69) is 13.8 Å². The molecular weight excluding hydrogens is 368 g/mol. The molecule has 0 spiro atoms. The van der Waals surface area contributed by atoms with Crippen LogP contribution in [0, 0.1) is 11.8 Å². The van der Waals surface area contributed by atoms with Crippen LogP contribution in [0.15, 0.2) is 29.2 Å². The SMILES string of the molecule is CC(C)c1ccc(S(=O)(=O)N2CCN(C(=O)C3CCC3C(=O)O)CC2)cc1. The van der Waals surface area contributed by atoms with E-state index in [1.165, 1.54) is 4.31 Å². The van der Waals surface area contributed by atoms with Gasteiger partial charge in [0.25, 0.3) is 0 Å². The highest BCUT2D eigenvalue weighted by Crippen LogP contribution is 2.36. The lowest BCUT2D eigenvalue weighted by Gasteiger charge is -2.40. The molecule has 1 heterocycles. The van der Waals surface area contributed by atoms with E-state index in [4.69, 9.17) is 5.11 Å². The van der Waals surface area contributed by atoms with Gasteiger partial charge in [-0.3, -0.25) is 9.59 Å². The van der Waals surface area contributed by atoms with Crippen molar-refractivity contribution in [1.82, 2.24) is 9.21 Å². The number of sulfonamides is 1. The summed E-state index contributed by atoms with van der Waals surface area (Å²) < 4.78 is 27.1. The molecule has 27 heavy (non-hydrogen) atoms. The number of carbonyl (C=O) groups excluding carboxylic acids is 1. The van der Waals surface area contributed by atoms with E-state index in [0.717, 1.165) is 5.56 Å². The van der Waals surface area contributed by atoms with Crippen LogP contribution in [0.5, 0.6) is 0 Å². The largest absolute Gasteiger partial charge is 0.481 e. The smallest absolute Gasteiger partial charge is 0.307 e. The normalized spacial score (nSPS) is 23.9. The van der Waals surface area contributed by atoms with Gasteiger partial charge in [0, 0.05) is 26.2 Å². The first-order chi connectivity index (χ1) is 12.7. The third-order valence-electron chi connectivity index (χ3n) is 5.64. The van der Waals surface area contributed by atoms with Crippen LogP contribution in [0.2, 0.25) is 0 Å². The number of carboxylic acids is 1. The highest BCUT2D eigenvalue weighted by molar-refractivity contribution is 7.89. The Morgan fingerprint density at radius 1 is 1.00 bits per heavy atom. The molecule has 148 valence electrons. The molecule has 0 bridgehead atoms. The quantitative estimate of drug-likeness (QED) is 0.821. The summed E-state index contributed by atoms with van der Waals surface area (Å²) in [5.41, 5.74) is 1.08. The molecule has 7 nitrogen and oxygen atoms in total. The Balaban J connectivity index is 1.62. The van der Waals surface area contributed by atoms with Crippen LogP contribution in [0.4, 0.5) is 0 Å². The number of nitrogens with zero attached hydrogens (tertiary/aromatic N) is 2. The number of amides is 1.